The minimum absolute atomic E-state index is 0.232. The van der Waals surface area contributed by atoms with Crippen molar-refractivity contribution in [1.29, 1.82) is 0 Å². The molecule has 0 radical (unpaired) electrons. The lowest BCUT2D eigenvalue weighted by Gasteiger charge is -2.09. The standard InChI is InChI=1S/C14H23NO2S/c1-16-13-6-8-14(9-7-13)17-10-4-2-3-5-12(15)11-18/h6-9,12,18H,2-5,10-11,15H2,1H3. The molecule has 1 aromatic rings. The molecule has 0 amide bonds. The third kappa shape index (κ3) is 6.17. The van der Waals surface area contributed by atoms with Crippen molar-refractivity contribution in [3.05, 3.63) is 24.3 Å². The van der Waals surface area contributed by atoms with Crippen LogP contribution in [0.1, 0.15) is 25.7 Å². The first-order valence-electron chi connectivity index (χ1n) is 6.39. The van der Waals surface area contributed by atoms with E-state index in [2.05, 4.69) is 12.6 Å². The van der Waals surface area contributed by atoms with Gasteiger partial charge in [0.1, 0.15) is 11.5 Å². The van der Waals surface area contributed by atoms with Gasteiger partial charge in [-0.05, 0) is 37.1 Å². The summed E-state index contributed by atoms with van der Waals surface area (Å²) >= 11 is 4.16. The maximum Gasteiger partial charge on any atom is 0.119 e. The molecule has 18 heavy (non-hydrogen) atoms. The van der Waals surface area contributed by atoms with Crippen molar-refractivity contribution in [2.45, 2.75) is 31.7 Å². The minimum atomic E-state index is 0.232. The fourth-order valence-electron chi connectivity index (χ4n) is 1.64. The molecule has 0 fully saturated rings. The molecule has 0 bridgehead atoms. The van der Waals surface area contributed by atoms with Gasteiger partial charge in [0.05, 0.1) is 13.7 Å². The summed E-state index contributed by atoms with van der Waals surface area (Å²) in [6.07, 6.45) is 4.41. The first-order chi connectivity index (χ1) is 8.76. The second kappa shape index (κ2) is 9.11. The smallest absolute Gasteiger partial charge is 0.119 e. The molecule has 3 nitrogen and oxygen atoms in total. The Morgan fingerprint density at radius 2 is 1.78 bits per heavy atom. The Bertz CT molecular complexity index is 316. The van der Waals surface area contributed by atoms with Crippen LogP contribution in [0.25, 0.3) is 0 Å². The lowest BCUT2D eigenvalue weighted by Crippen LogP contribution is -2.21. The molecule has 1 rings (SSSR count). The normalized spacial score (nSPS) is 12.2. The summed E-state index contributed by atoms with van der Waals surface area (Å²) in [4.78, 5) is 0. The molecule has 0 aliphatic carbocycles. The Hall–Kier alpha value is -0.870. The van der Waals surface area contributed by atoms with Crippen LogP contribution in [0, 0.1) is 0 Å². The van der Waals surface area contributed by atoms with Crippen LogP contribution in [-0.2, 0) is 0 Å². The first kappa shape index (κ1) is 15.2. The van der Waals surface area contributed by atoms with Crippen molar-refractivity contribution in [2.24, 2.45) is 5.73 Å². The summed E-state index contributed by atoms with van der Waals surface area (Å²) in [6, 6.07) is 7.89. The lowest BCUT2D eigenvalue weighted by molar-refractivity contribution is 0.303. The van der Waals surface area contributed by atoms with E-state index in [9.17, 15) is 0 Å². The van der Waals surface area contributed by atoms with Crippen LogP contribution in [0.4, 0.5) is 0 Å². The Morgan fingerprint density at radius 1 is 1.11 bits per heavy atom. The van der Waals surface area contributed by atoms with Crippen LogP contribution >= 0.6 is 12.6 Å². The van der Waals surface area contributed by atoms with Gasteiger partial charge < -0.3 is 15.2 Å². The van der Waals surface area contributed by atoms with Crippen molar-refractivity contribution >= 4 is 12.6 Å². The van der Waals surface area contributed by atoms with Gasteiger partial charge in [-0.3, -0.25) is 0 Å². The molecular formula is C14H23NO2S. The van der Waals surface area contributed by atoms with Gasteiger partial charge in [-0.25, -0.2) is 0 Å². The second-order valence-electron chi connectivity index (χ2n) is 4.32. The van der Waals surface area contributed by atoms with Crippen LogP contribution < -0.4 is 15.2 Å². The Morgan fingerprint density at radius 3 is 2.39 bits per heavy atom. The molecule has 0 spiro atoms. The molecule has 0 saturated heterocycles. The van der Waals surface area contributed by atoms with E-state index < -0.39 is 0 Å². The highest BCUT2D eigenvalue weighted by Crippen LogP contribution is 2.17. The van der Waals surface area contributed by atoms with E-state index in [-0.39, 0.29) is 6.04 Å². The zero-order chi connectivity index (χ0) is 13.2. The summed E-state index contributed by atoms with van der Waals surface area (Å²) in [5.74, 6) is 2.51. The number of methoxy groups -OCH3 is 1. The largest absolute Gasteiger partial charge is 0.497 e. The van der Waals surface area contributed by atoms with E-state index in [4.69, 9.17) is 15.2 Å². The van der Waals surface area contributed by atoms with E-state index >= 15 is 0 Å². The molecule has 102 valence electrons. The highest BCUT2D eigenvalue weighted by molar-refractivity contribution is 7.80. The maximum atomic E-state index is 5.79. The quantitative estimate of drug-likeness (QED) is 0.535. The van der Waals surface area contributed by atoms with E-state index in [0.29, 0.717) is 0 Å². The number of rotatable bonds is 9. The Labute approximate surface area is 115 Å². The molecule has 1 unspecified atom stereocenters. The molecule has 0 aromatic heterocycles. The van der Waals surface area contributed by atoms with Gasteiger partial charge in [0.15, 0.2) is 0 Å². The van der Waals surface area contributed by atoms with E-state index in [1.54, 1.807) is 7.11 Å². The van der Waals surface area contributed by atoms with Crippen molar-refractivity contribution < 1.29 is 9.47 Å². The molecule has 1 aromatic carbocycles. The second-order valence-corrected chi connectivity index (χ2v) is 4.68. The zero-order valence-electron chi connectivity index (χ0n) is 11.0. The molecule has 1 atom stereocenters. The van der Waals surface area contributed by atoms with Gasteiger partial charge in [0.2, 0.25) is 0 Å². The monoisotopic (exact) mass is 269 g/mol. The van der Waals surface area contributed by atoms with Gasteiger partial charge >= 0.3 is 0 Å². The Kier molecular flexibility index (Phi) is 7.69. The fraction of sp³-hybridized carbons (Fsp3) is 0.571. The van der Waals surface area contributed by atoms with E-state index in [1.165, 1.54) is 0 Å². The minimum Gasteiger partial charge on any atom is -0.497 e. The van der Waals surface area contributed by atoms with Crippen LogP contribution in [0.2, 0.25) is 0 Å². The predicted molar refractivity (Wildman–Crippen MR) is 78.8 cm³/mol. The van der Waals surface area contributed by atoms with Crippen molar-refractivity contribution in [1.82, 2.24) is 0 Å². The molecule has 0 aliphatic heterocycles. The van der Waals surface area contributed by atoms with E-state index in [1.807, 2.05) is 24.3 Å². The van der Waals surface area contributed by atoms with Crippen molar-refractivity contribution in [2.75, 3.05) is 19.5 Å². The molecular weight excluding hydrogens is 246 g/mol. The number of hydrogen-bond donors (Lipinski definition) is 2. The highest BCUT2D eigenvalue weighted by atomic mass is 32.1. The molecule has 0 heterocycles. The molecule has 0 aliphatic rings. The summed E-state index contributed by atoms with van der Waals surface area (Å²) in [5.41, 5.74) is 5.79. The zero-order valence-corrected chi connectivity index (χ0v) is 11.9. The van der Waals surface area contributed by atoms with E-state index in [0.717, 1.165) is 49.5 Å². The molecule has 4 heteroatoms. The number of nitrogens with two attached hydrogens (primary N) is 1. The van der Waals surface area contributed by atoms with Gasteiger partial charge in [-0.1, -0.05) is 12.8 Å². The summed E-state index contributed by atoms with van der Waals surface area (Å²) in [7, 11) is 1.66. The van der Waals surface area contributed by atoms with Gasteiger partial charge in [-0.15, -0.1) is 0 Å². The average Bonchev–Trinajstić information content (AvgIpc) is 2.43. The van der Waals surface area contributed by atoms with Gasteiger partial charge in [0.25, 0.3) is 0 Å². The van der Waals surface area contributed by atoms with Crippen LogP contribution in [0.15, 0.2) is 24.3 Å². The average molecular weight is 269 g/mol. The van der Waals surface area contributed by atoms with Crippen molar-refractivity contribution in [3.63, 3.8) is 0 Å². The summed E-state index contributed by atoms with van der Waals surface area (Å²) < 4.78 is 10.7. The third-order valence-corrected chi connectivity index (χ3v) is 3.25. The number of thiol groups is 1. The van der Waals surface area contributed by atoms with Crippen LogP contribution in [0.3, 0.4) is 0 Å². The van der Waals surface area contributed by atoms with Crippen LogP contribution in [-0.4, -0.2) is 25.5 Å². The van der Waals surface area contributed by atoms with Gasteiger partial charge in [0, 0.05) is 11.8 Å². The maximum absolute atomic E-state index is 5.79. The highest BCUT2D eigenvalue weighted by Gasteiger charge is 1.99. The van der Waals surface area contributed by atoms with Crippen LogP contribution in [0.5, 0.6) is 11.5 Å². The summed E-state index contributed by atoms with van der Waals surface area (Å²) in [6.45, 7) is 0.752. The molecule has 0 saturated carbocycles. The first-order valence-corrected chi connectivity index (χ1v) is 7.03. The lowest BCUT2D eigenvalue weighted by atomic mass is 10.1. The number of unbranched alkanes of at least 4 members (excludes halogenated alkanes) is 2. The number of hydrogen-bond acceptors (Lipinski definition) is 4. The third-order valence-electron chi connectivity index (χ3n) is 2.78. The number of benzene rings is 1. The Balaban J connectivity index is 2.06. The summed E-state index contributed by atoms with van der Waals surface area (Å²) in [5, 5.41) is 0. The van der Waals surface area contributed by atoms with Gasteiger partial charge in [-0.2, -0.15) is 12.6 Å². The van der Waals surface area contributed by atoms with Crippen molar-refractivity contribution in [3.8, 4) is 11.5 Å². The fourth-order valence-corrected chi connectivity index (χ4v) is 1.82. The number of ether oxygens (including phenoxy) is 2. The topological polar surface area (TPSA) is 44.5 Å². The SMILES string of the molecule is COc1ccc(OCCCCCC(N)CS)cc1. The molecule has 2 N–H and O–H groups in total. The predicted octanol–water partition coefficient (Wildman–Crippen LogP) is 2.89.